The number of ether oxygens (including phenoxy) is 1. The summed E-state index contributed by atoms with van der Waals surface area (Å²) in [5.74, 6) is 0.873. The molecule has 2 rings (SSSR count). The van der Waals surface area contributed by atoms with Crippen LogP contribution in [0.2, 0.25) is 0 Å². The molecule has 0 heterocycles. The zero-order valence-corrected chi connectivity index (χ0v) is 17.9. The van der Waals surface area contributed by atoms with Crippen molar-refractivity contribution in [3.8, 4) is 0 Å². The Morgan fingerprint density at radius 1 is 1.25 bits per heavy atom. The summed E-state index contributed by atoms with van der Waals surface area (Å²) in [4.78, 5) is 4.67. The molecule has 0 aliphatic heterocycles. The lowest BCUT2D eigenvalue weighted by molar-refractivity contribution is 0.0310. The fourth-order valence-corrected chi connectivity index (χ4v) is 2.79. The first-order chi connectivity index (χ1) is 10.9. The van der Waals surface area contributed by atoms with E-state index < -0.39 is 0 Å². The third kappa shape index (κ3) is 5.62. The Morgan fingerprint density at radius 3 is 2.46 bits per heavy atom. The van der Waals surface area contributed by atoms with Crippen molar-refractivity contribution >= 4 is 29.9 Å². The quantitative estimate of drug-likeness (QED) is 0.383. The second-order valence-corrected chi connectivity index (χ2v) is 7.11. The van der Waals surface area contributed by atoms with Crippen LogP contribution >= 0.6 is 24.0 Å². The summed E-state index contributed by atoms with van der Waals surface area (Å²) in [6, 6.07) is 8.72. The number of benzene rings is 1. The number of rotatable bonds is 7. The molecule has 0 saturated heterocycles. The molecule has 1 aromatic carbocycles. The maximum atomic E-state index is 5.45. The first-order valence-electron chi connectivity index (χ1n) is 8.56. The summed E-state index contributed by atoms with van der Waals surface area (Å²) in [6.07, 6.45) is 2.49. The molecule has 24 heavy (non-hydrogen) atoms. The van der Waals surface area contributed by atoms with E-state index in [1.54, 1.807) is 7.11 Å². The van der Waals surface area contributed by atoms with Crippen molar-refractivity contribution in [2.45, 2.75) is 51.6 Å². The lowest BCUT2D eigenvalue weighted by atomic mass is 9.92. The van der Waals surface area contributed by atoms with E-state index in [2.05, 4.69) is 67.6 Å². The monoisotopic (exact) mass is 445 g/mol. The molecule has 0 aromatic heterocycles. The van der Waals surface area contributed by atoms with Gasteiger partial charge in [0, 0.05) is 25.6 Å². The molecular formula is C19H32IN3O. The molecule has 0 atom stereocenters. The molecule has 0 unspecified atom stereocenters. The highest BCUT2D eigenvalue weighted by Crippen LogP contribution is 2.48. The first kappa shape index (κ1) is 21.2. The minimum Gasteiger partial charge on any atom is -0.377 e. The lowest BCUT2D eigenvalue weighted by Gasteiger charge is -2.23. The van der Waals surface area contributed by atoms with Gasteiger partial charge in [-0.25, -0.2) is 0 Å². The Kier molecular flexibility index (Phi) is 7.99. The SMILES string of the molecule is CCNC(=NCC(C)(C)OC)NCC1(c2ccccc2C)CC1.I. The van der Waals surface area contributed by atoms with Gasteiger partial charge in [0.25, 0.3) is 0 Å². The number of aryl methyl sites for hydroxylation is 1. The highest BCUT2D eigenvalue weighted by atomic mass is 127. The molecule has 4 nitrogen and oxygen atoms in total. The maximum absolute atomic E-state index is 5.45. The molecule has 5 heteroatoms. The van der Waals surface area contributed by atoms with E-state index in [9.17, 15) is 0 Å². The van der Waals surface area contributed by atoms with E-state index >= 15 is 0 Å². The third-order valence-electron chi connectivity index (χ3n) is 4.68. The molecule has 136 valence electrons. The van der Waals surface area contributed by atoms with Crippen LogP contribution in [0, 0.1) is 6.92 Å². The van der Waals surface area contributed by atoms with E-state index in [1.165, 1.54) is 24.0 Å². The van der Waals surface area contributed by atoms with Crippen LogP contribution in [0.25, 0.3) is 0 Å². The second-order valence-electron chi connectivity index (χ2n) is 7.11. The lowest BCUT2D eigenvalue weighted by Crippen LogP contribution is -2.42. The van der Waals surface area contributed by atoms with Gasteiger partial charge in [-0.2, -0.15) is 0 Å². The summed E-state index contributed by atoms with van der Waals surface area (Å²) < 4.78 is 5.45. The van der Waals surface area contributed by atoms with Crippen molar-refractivity contribution in [3.63, 3.8) is 0 Å². The van der Waals surface area contributed by atoms with Crippen LogP contribution in [0.1, 0.15) is 44.7 Å². The predicted molar refractivity (Wildman–Crippen MR) is 113 cm³/mol. The molecule has 1 aliphatic rings. The Labute approximate surface area is 163 Å². The van der Waals surface area contributed by atoms with E-state index in [-0.39, 0.29) is 35.0 Å². The van der Waals surface area contributed by atoms with Gasteiger partial charge in [0.05, 0.1) is 12.1 Å². The maximum Gasteiger partial charge on any atom is 0.191 e. The van der Waals surface area contributed by atoms with Gasteiger partial charge >= 0.3 is 0 Å². The van der Waals surface area contributed by atoms with Crippen molar-refractivity contribution in [2.24, 2.45) is 4.99 Å². The third-order valence-corrected chi connectivity index (χ3v) is 4.68. The summed E-state index contributed by atoms with van der Waals surface area (Å²) in [5, 5.41) is 6.86. The molecule has 2 N–H and O–H groups in total. The number of aliphatic imine (C=N–C) groups is 1. The molecule has 0 spiro atoms. The first-order valence-corrected chi connectivity index (χ1v) is 8.56. The average molecular weight is 445 g/mol. The number of hydrogen-bond acceptors (Lipinski definition) is 2. The molecule has 0 amide bonds. The number of nitrogens with zero attached hydrogens (tertiary/aromatic N) is 1. The van der Waals surface area contributed by atoms with Crippen LogP contribution < -0.4 is 10.6 Å². The summed E-state index contributed by atoms with van der Waals surface area (Å²) in [5.41, 5.74) is 2.89. The summed E-state index contributed by atoms with van der Waals surface area (Å²) in [6.45, 7) is 10.8. The topological polar surface area (TPSA) is 45.7 Å². The predicted octanol–water partition coefficient (Wildman–Crippen LogP) is 3.62. The summed E-state index contributed by atoms with van der Waals surface area (Å²) >= 11 is 0. The molecule has 1 fully saturated rings. The highest BCUT2D eigenvalue weighted by Gasteiger charge is 2.44. The van der Waals surface area contributed by atoms with E-state index in [0.29, 0.717) is 6.54 Å². The number of hydrogen-bond donors (Lipinski definition) is 2. The number of guanidine groups is 1. The van der Waals surface area contributed by atoms with Crippen molar-refractivity contribution in [2.75, 3.05) is 26.7 Å². The Morgan fingerprint density at radius 2 is 1.92 bits per heavy atom. The van der Waals surface area contributed by atoms with E-state index in [0.717, 1.165) is 19.0 Å². The van der Waals surface area contributed by atoms with Crippen LogP contribution in [0.15, 0.2) is 29.3 Å². The summed E-state index contributed by atoms with van der Waals surface area (Å²) in [7, 11) is 1.73. The van der Waals surface area contributed by atoms with Crippen molar-refractivity contribution in [1.29, 1.82) is 0 Å². The van der Waals surface area contributed by atoms with Crippen LogP contribution in [0.3, 0.4) is 0 Å². The van der Waals surface area contributed by atoms with Gasteiger partial charge in [0.1, 0.15) is 0 Å². The zero-order chi connectivity index (χ0) is 16.9. The fraction of sp³-hybridized carbons (Fsp3) is 0.632. The van der Waals surface area contributed by atoms with Crippen LogP contribution in [0.4, 0.5) is 0 Å². The highest BCUT2D eigenvalue weighted by molar-refractivity contribution is 14.0. The zero-order valence-electron chi connectivity index (χ0n) is 15.6. The minimum atomic E-state index is -0.240. The van der Waals surface area contributed by atoms with Crippen molar-refractivity contribution < 1.29 is 4.74 Å². The molecule has 1 saturated carbocycles. The number of nitrogens with one attached hydrogen (secondary N) is 2. The van der Waals surface area contributed by atoms with Gasteiger partial charge < -0.3 is 15.4 Å². The Hall–Kier alpha value is -0.820. The largest absolute Gasteiger partial charge is 0.377 e. The van der Waals surface area contributed by atoms with Crippen molar-refractivity contribution in [1.82, 2.24) is 10.6 Å². The smallest absolute Gasteiger partial charge is 0.191 e. The molecule has 1 aliphatic carbocycles. The number of methoxy groups -OCH3 is 1. The molecule has 0 radical (unpaired) electrons. The van der Waals surface area contributed by atoms with Gasteiger partial charge in [-0.05, 0) is 51.7 Å². The van der Waals surface area contributed by atoms with Crippen LogP contribution in [0.5, 0.6) is 0 Å². The number of halogens is 1. The van der Waals surface area contributed by atoms with Crippen LogP contribution in [-0.2, 0) is 10.2 Å². The van der Waals surface area contributed by atoms with E-state index in [4.69, 9.17) is 4.74 Å². The van der Waals surface area contributed by atoms with Crippen LogP contribution in [-0.4, -0.2) is 38.3 Å². The average Bonchev–Trinajstić information content (AvgIpc) is 3.31. The van der Waals surface area contributed by atoms with Gasteiger partial charge in [0.2, 0.25) is 0 Å². The standard InChI is InChI=1S/C19H31N3O.HI/c1-6-20-17(21-13-18(3,4)23-5)22-14-19(11-12-19)16-10-8-7-9-15(16)2;/h7-10H,6,11-14H2,1-5H3,(H2,20,21,22);1H. The van der Waals surface area contributed by atoms with Crippen molar-refractivity contribution in [3.05, 3.63) is 35.4 Å². The Balaban J connectivity index is 0.00000288. The minimum absolute atomic E-state index is 0. The van der Waals surface area contributed by atoms with Gasteiger partial charge in [0.15, 0.2) is 5.96 Å². The van der Waals surface area contributed by atoms with Gasteiger partial charge in [-0.3, -0.25) is 4.99 Å². The fourth-order valence-electron chi connectivity index (χ4n) is 2.79. The van der Waals surface area contributed by atoms with Gasteiger partial charge in [-0.1, -0.05) is 24.3 Å². The molecular weight excluding hydrogens is 413 g/mol. The molecule has 0 bridgehead atoms. The Bertz CT molecular complexity index is 553. The second kappa shape index (κ2) is 9.04. The van der Waals surface area contributed by atoms with Gasteiger partial charge in [-0.15, -0.1) is 24.0 Å². The van der Waals surface area contributed by atoms with E-state index in [1.807, 2.05) is 0 Å². The molecule has 1 aromatic rings. The normalized spacial score (nSPS) is 16.3.